The molecule has 0 amide bonds. The number of piperidine rings is 1. The number of aromatic nitrogens is 1. The number of aryl methyl sites for hydroxylation is 1. The number of hydrogen-bond donors (Lipinski definition) is 1. The van der Waals surface area contributed by atoms with Crippen LogP contribution in [-0.2, 0) is 0 Å². The zero-order chi connectivity index (χ0) is 14.1. The summed E-state index contributed by atoms with van der Waals surface area (Å²) in [5.41, 5.74) is 0. The van der Waals surface area contributed by atoms with E-state index in [4.69, 9.17) is 4.42 Å². The number of nitrogens with one attached hydrogen (secondary N) is 1. The maximum absolute atomic E-state index is 5.75. The van der Waals surface area contributed by atoms with Crippen LogP contribution in [0.5, 0.6) is 0 Å². The second kappa shape index (κ2) is 5.86. The van der Waals surface area contributed by atoms with Crippen LogP contribution in [0.3, 0.4) is 0 Å². The van der Waals surface area contributed by atoms with Gasteiger partial charge in [-0.2, -0.15) is 0 Å². The Labute approximate surface area is 121 Å². The SMILES string of the molecule is CCCNC1CC2CCC(C1)N2C(C)c1ncc(C)o1. The average Bonchev–Trinajstić information content (AvgIpc) is 2.98. The Balaban J connectivity index is 1.67. The molecule has 2 fully saturated rings. The molecule has 3 atom stereocenters. The van der Waals surface area contributed by atoms with Gasteiger partial charge < -0.3 is 9.73 Å². The Bertz CT molecular complexity index is 431. The van der Waals surface area contributed by atoms with Gasteiger partial charge in [-0.25, -0.2) is 4.98 Å². The van der Waals surface area contributed by atoms with E-state index in [1.807, 2.05) is 13.1 Å². The van der Waals surface area contributed by atoms with Gasteiger partial charge in [0.2, 0.25) is 5.89 Å². The van der Waals surface area contributed by atoms with Crippen molar-refractivity contribution < 1.29 is 4.42 Å². The summed E-state index contributed by atoms with van der Waals surface area (Å²) in [6.07, 6.45) is 8.28. The third-order valence-corrected chi connectivity index (χ3v) is 4.92. The molecule has 2 aliphatic rings. The molecule has 0 radical (unpaired) electrons. The molecule has 3 heterocycles. The number of hydrogen-bond acceptors (Lipinski definition) is 4. The van der Waals surface area contributed by atoms with Crippen molar-refractivity contribution in [1.82, 2.24) is 15.2 Å². The van der Waals surface area contributed by atoms with Gasteiger partial charge in [0, 0.05) is 18.1 Å². The summed E-state index contributed by atoms with van der Waals surface area (Å²) in [7, 11) is 0. The van der Waals surface area contributed by atoms with Crippen molar-refractivity contribution >= 4 is 0 Å². The van der Waals surface area contributed by atoms with E-state index in [9.17, 15) is 0 Å². The van der Waals surface area contributed by atoms with Crippen LogP contribution in [0, 0.1) is 6.92 Å². The van der Waals surface area contributed by atoms with E-state index >= 15 is 0 Å². The highest BCUT2D eigenvalue weighted by Gasteiger charge is 2.43. The summed E-state index contributed by atoms with van der Waals surface area (Å²) >= 11 is 0. The zero-order valence-electron chi connectivity index (χ0n) is 12.9. The van der Waals surface area contributed by atoms with Crippen LogP contribution in [0.15, 0.2) is 10.6 Å². The molecular weight excluding hydrogens is 250 g/mol. The third-order valence-electron chi connectivity index (χ3n) is 4.92. The fourth-order valence-electron chi connectivity index (χ4n) is 4.05. The molecule has 0 spiro atoms. The highest BCUT2D eigenvalue weighted by molar-refractivity contribution is 5.04. The Hall–Kier alpha value is -0.870. The summed E-state index contributed by atoms with van der Waals surface area (Å²) in [5, 5.41) is 3.71. The Morgan fingerprint density at radius 3 is 2.65 bits per heavy atom. The lowest BCUT2D eigenvalue weighted by molar-refractivity contribution is 0.0644. The van der Waals surface area contributed by atoms with Crippen LogP contribution in [0.4, 0.5) is 0 Å². The second-order valence-electron chi connectivity index (χ2n) is 6.44. The number of fused-ring (bicyclic) bond motifs is 2. The molecule has 1 N–H and O–H groups in total. The third kappa shape index (κ3) is 2.63. The molecule has 3 unspecified atom stereocenters. The molecule has 2 saturated heterocycles. The Morgan fingerprint density at radius 2 is 2.10 bits per heavy atom. The van der Waals surface area contributed by atoms with Crippen LogP contribution in [0.2, 0.25) is 0 Å². The van der Waals surface area contributed by atoms with E-state index in [0.29, 0.717) is 24.2 Å². The van der Waals surface area contributed by atoms with E-state index in [-0.39, 0.29) is 0 Å². The molecule has 4 nitrogen and oxygen atoms in total. The molecule has 2 bridgehead atoms. The van der Waals surface area contributed by atoms with Crippen LogP contribution in [0.25, 0.3) is 0 Å². The number of nitrogens with zero attached hydrogens (tertiary/aromatic N) is 2. The quantitative estimate of drug-likeness (QED) is 0.898. The fourth-order valence-corrected chi connectivity index (χ4v) is 4.05. The van der Waals surface area contributed by atoms with Gasteiger partial charge in [0.1, 0.15) is 5.76 Å². The van der Waals surface area contributed by atoms with Crippen molar-refractivity contribution in [3.8, 4) is 0 Å². The first-order valence-electron chi connectivity index (χ1n) is 8.12. The van der Waals surface area contributed by atoms with Gasteiger partial charge in [-0.1, -0.05) is 6.92 Å². The molecular formula is C16H27N3O. The van der Waals surface area contributed by atoms with Crippen molar-refractivity contribution in [2.24, 2.45) is 0 Å². The normalized spacial score (nSPS) is 31.6. The standard InChI is InChI=1S/C16H27N3O/c1-4-7-17-13-8-14-5-6-15(9-13)19(14)12(3)16-18-10-11(2)20-16/h10,12-15,17H,4-9H2,1-3H3. The first kappa shape index (κ1) is 14.1. The Morgan fingerprint density at radius 1 is 1.40 bits per heavy atom. The van der Waals surface area contributed by atoms with Crippen LogP contribution in [-0.4, -0.2) is 34.6 Å². The zero-order valence-corrected chi connectivity index (χ0v) is 12.9. The monoisotopic (exact) mass is 277 g/mol. The van der Waals surface area contributed by atoms with Gasteiger partial charge in [-0.3, -0.25) is 4.90 Å². The van der Waals surface area contributed by atoms with Gasteiger partial charge in [-0.05, 0) is 52.5 Å². The maximum atomic E-state index is 5.75. The summed E-state index contributed by atoms with van der Waals surface area (Å²) in [4.78, 5) is 7.09. The van der Waals surface area contributed by atoms with Crippen LogP contribution >= 0.6 is 0 Å². The predicted molar refractivity (Wildman–Crippen MR) is 79.6 cm³/mol. The summed E-state index contributed by atoms with van der Waals surface area (Å²) in [6, 6.07) is 2.42. The van der Waals surface area contributed by atoms with E-state index in [2.05, 4.69) is 29.0 Å². The highest BCUT2D eigenvalue weighted by Crippen LogP contribution is 2.41. The molecule has 1 aromatic rings. The lowest BCUT2D eigenvalue weighted by Crippen LogP contribution is -2.50. The van der Waals surface area contributed by atoms with Gasteiger partial charge in [-0.15, -0.1) is 0 Å². The van der Waals surface area contributed by atoms with E-state index in [1.165, 1.54) is 32.1 Å². The molecule has 1 aromatic heterocycles. The molecule has 2 aliphatic heterocycles. The lowest BCUT2D eigenvalue weighted by Gasteiger charge is -2.41. The van der Waals surface area contributed by atoms with E-state index in [1.54, 1.807) is 0 Å². The van der Waals surface area contributed by atoms with Crippen molar-refractivity contribution in [3.05, 3.63) is 17.8 Å². The first-order chi connectivity index (χ1) is 9.69. The van der Waals surface area contributed by atoms with Crippen LogP contribution in [0.1, 0.15) is 63.6 Å². The van der Waals surface area contributed by atoms with Gasteiger partial charge >= 0.3 is 0 Å². The Kier molecular flexibility index (Phi) is 4.13. The smallest absolute Gasteiger partial charge is 0.211 e. The highest BCUT2D eigenvalue weighted by atomic mass is 16.4. The molecule has 0 saturated carbocycles. The minimum Gasteiger partial charge on any atom is -0.444 e. The van der Waals surface area contributed by atoms with Gasteiger partial charge in [0.15, 0.2) is 0 Å². The lowest BCUT2D eigenvalue weighted by atomic mass is 9.95. The van der Waals surface area contributed by atoms with Crippen molar-refractivity contribution in [3.63, 3.8) is 0 Å². The maximum Gasteiger partial charge on any atom is 0.211 e. The summed E-state index contributed by atoms with van der Waals surface area (Å²) in [6.45, 7) is 7.61. The van der Waals surface area contributed by atoms with Gasteiger partial charge in [0.05, 0.1) is 12.2 Å². The van der Waals surface area contributed by atoms with Crippen molar-refractivity contribution in [1.29, 1.82) is 0 Å². The summed E-state index contributed by atoms with van der Waals surface area (Å²) < 4.78 is 5.75. The largest absolute Gasteiger partial charge is 0.444 e. The summed E-state index contributed by atoms with van der Waals surface area (Å²) in [5.74, 6) is 1.80. The number of oxazole rings is 1. The van der Waals surface area contributed by atoms with E-state index < -0.39 is 0 Å². The average molecular weight is 277 g/mol. The van der Waals surface area contributed by atoms with Crippen LogP contribution < -0.4 is 5.32 Å². The first-order valence-corrected chi connectivity index (χ1v) is 8.12. The predicted octanol–water partition coefficient (Wildman–Crippen LogP) is 3.04. The second-order valence-corrected chi connectivity index (χ2v) is 6.44. The fraction of sp³-hybridized carbons (Fsp3) is 0.812. The minimum absolute atomic E-state index is 0.313. The van der Waals surface area contributed by atoms with Crippen molar-refractivity contribution in [2.75, 3.05) is 6.54 Å². The molecule has 3 rings (SSSR count). The molecule has 0 aromatic carbocycles. The molecule has 20 heavy (non-hydrogen) atoms. The van der Waals surface area contributed by atoms with E-state index in [0.717, 1.165) is 18.2 Å². The molecule has 4 heteroatoms. The van der Waals surface area contributed by atoms with Gasteiger partial charge in [0.25, 0.3) is 0 Å². The minimum atomic E-state index is 0.313. The topological polar surface area (TPSA) is 41.3 Å². The molecule has 0 aliphatic carbocycles. The van der Waals surface area contributed by atoms with Crippen molar-refractivity contribution in [2.45, 2.75) is 77.0 Å². The number of rotatable bonds is 5. The molecule has 112 valence electrons.